The van der Waals surface area contributed by atoms with Gasteiger partial charge >= 0.3 is 0 Å². The van der Waals surface area contributed by atoms with E-state index in [1.165, 1.54) is 17.6 Å². The van der Waals surface area contributed by atoms with E-state index in [4.69, 9.17) is 0 Å². The van der Waals surface area contributed by atoms with Crippen LogP contribution in [-0.2, 0) is 14.8 Å². The topological polar surface area (TPSA) is 78.8 Å². The first-order valence-electron chi connectivity index (χ1n) is 9.82. The Bertz CT molecular complexity index is 1140. The van der Waals surface area contributed by atoms with Gasteiger partial charge in [0, 0.05) is 4.88 Å². The molecule has 1 amide bonds. The van der Waals surface area contributed by atoms with Crippen molar-refractivity contribution < 1.29 is 13.2 Å². The van der Waals surface area contributed by atoms with Gasteiger partial charge in [-0.3, -0.25) is 9.10 Å². The summed E-state index contributed by atoms with van der Waals surface area (Å²) >= 11 is 1.48. The lowest BCUT2D eigenvalue weighted by atomic mass is 10.0. The number of sulfonamides is 1. The molecule has 3 aromatic rings. The standard InChI is InChI=1S/C23H25N3O3S2/c1-17(2)19-8-10-20(11-9-19)26(31(28,29)22-12-6-18(3)7-13-22)16-23(27)25-24-15-21-5-4-14-30-21/h4-15,17H,16H2,1-3H3,(H,25,27)/b24-15-. The van der Waals surface area contributed by atoms with Gasteiger partial charge in [-0.05, 0) is 54.1 Å². The van der Waals surface area contributed by atoms with Crippen LogP contribution in [0.5, 0.6) is 0 Å². The van der Waals surface area contributed by atoms with Crippen molar-refractivity contribution in [2.75, 3.05) is 10.8 Å². The van der Waals surface area contributed by atoms with Crippen LogP contribution in [0.2, 0.25) is 0 Å². The van der Waals surface area contributed by atoms with Crippen LogP contribution in [0.1, 0.15) is 35.8 Å². The fourth-order valence-corrected chi connectivity index (χ4v) is 4.88. The van der Waals surface area contributed by atoms with Crippen molar-refractivity contribution in [3.63, 3.8) is 0 Å². The number of nitrogens with zero attached hydrogens (tertiary/aromatic N) is 2. The van der Waals surface area contributed by atoms with Gasteiger partial charge in [-0.25, -0.2) is 13.8 Å². The van der Waals surface area contributed by atoms with Crippen molar-refractivity contribution in [1.29, 1.82) is 0 Å². The molecule has 0 saturated heterocycles. The van der Waals surface area contributed by atoms with Crippen LogP contribution < -0.4 is 9.73 Å². The minimum absolute atomic E-state index is 0.126. The molecule has 0 bridgehead atoms. The number of amides is 1. The third kappa shape index (κ3) is 5.80. The summed E-state index contributed by atoms with van der Waals surface area (Å²) < 4.78 is 27.8. The van der Waals surface area contributed by atoms with Crippen LogP contribution in [0.15, 0.2) is 76.0 Å². The van der Waals surface area contributed by atoms with E-state index in [9.17, 15) is 13.2 Å². The van der Waals surface area contributed by atoms with E-state index < -0.39 is 15.9 Å². The SMILES string of the molecule is Cc1ccc(S(=O)(=O)N(CC(=O)N/N=C\c2cccs2)c2ccc(C(C)C)cc2)cc1. The van der Waals surface area contributed by atoms with Gasteiger partial charge in [0.1, 0.15) is 6.54 Å². The highest BCUT2D eigenvalue weighted by Gasteiger charge is 2.27. The Hall–Kier alpha value is -2.97. The number of carbonyl (C=O) groups is 1. The summed E-state index contributed by atoms with van der Waals surface area (Å²) in [5.74, 6) is -0.220. The van der Waals surface area contributed by atoms with Crippen LogP contribution in [0.3, 0.4) is 0 Å². The van der Waals surface area contributed by atoms with E-state index in [-0.39, 0.29) is 11.4 Å². The number of hydrogen-bond acceptors (Lipinski definition) is 5. The zero-order valence-electron chi connectivity index (χ0n) is 17.6. The fourth-order valence-electron chi connectivity index (χ4n) is 2.88. The van der Waals surface area contributed by atoms with Gasteiger partial charge in [0.05, 0.1) is 16.8 Å². The van der Waals surface area contributed by atoms with E-state index in [2.05, 4.69) is 24.4 Å². The molecule has 1 N–H and O–H groups in total. The monoisotopic (exact) mass is 455 g/mol. The van der Waals surface area contributed by atoms with Crippen molar-refractivity contribution >= 4 is 39.2 Å². The molecular weight excluding hydrogens is 430 g/mol. The summed E-state index contributed by atoms with van der Waals surface area (Å²) in [5, 5.41) is 5.83. The second kappa shape index (κ2) is 9.89. The second-order valence-electron chi connectivity index (χ2n) is 7.38. The van der Waals surface area contributed by atoms with Gasteiger partial charge in [0.15, 0.2) is 0 Å². The lowest BCUT2D eigenvalue weighted by Crippen LogP contribution is -2.39. The quantitative estimate of drug-likeness (QED) is 0.400. The zero-order valence-corrected chi connectivity index (χ0v) is 19.3. The van der Waals surface area contributed by atoms with Crippen molar-refractivity contribution in [1.82, 2.24) is 5.43 Å². The maximum Gasteiger partial charge on any atom is 0.264 e. The van der Waals surface area contributed by atoms with Crippen molar-refractivity contribution in [2.45, 2.75) is 31.6 Å². The molecule has 0 fully saturated rings. The number of carbonyl (C=O) groups excluding carboxylic acids is 1. The van der Waals surface area contributed by atoms with Crippen LogP contribution in [0.4, 0.5) is 5.69 Å². The minimum atomic E-state index is -3.94. The number of anilines is 1. The van der Waals surface area contributed by atoms with Crippen LogP contribution in [0, 0.1) is 6.92 Å². The lowest BCUT2D eigenvalue weighted by molar-refractivity contribution is -0.119. The van der Waals surface area contributed by atoms with Crippen LogP contribution in [0.25, 0.3) is 0 Å². The highest BCUT2D eigenvalue weighted by atomic mass is 32.2. The smallest absolute Gasteiger partial charge is 0.264 e. The Balaban J connectivity index is 1.88. The van der Waals surface area contributed by atoms with Gasteiger partial charge in [0.2, 0.25) is 0 Å². The van der Waals surface area contributed by atoms with E-state index in [1.807, 2.05) is 36.6 Å². The first-order valence-corrected chi connectivity index (χ1v) is 12.1. The summed E-state index contributed by atoms with van der Waals surface area (Å²) in [6, 6.07) is 17.5. The Morgan fingerprint density at radius 2 is 1.77 bits per heavy atom. The van der Waals surface area contributed by atoms with Crippen molar-refractivity contribution in [3.8, 4) is 0 Å². The number of hydrogen-bond donors (Lipinski definition) is 1. The molecule has 3 rings (SSSR count). The summed E-state index contributed by atoms with van der Waals surface area (Å²) in [4.78, 5) is 13.5. The first-order chi connectivity index (χ1) is 14.8. The molecule has 1 heterocycles. The minimum Gasteiger partial charge on any atom is -0.271 e. The molecule has 8 heteroatoms. The molecule has 2 aromatic carbocycles. The molecule has 31 heavy (non-hydrogen) atoms. The van der Waals surface area contributed by atoms with Crippen LogP contribution >= 0.6 is 11.3 Å². The molecule has 162 valence electrons. The van der Waals surface area contributed by atoms with E-state index >= 15 is 0 Å². The average molecular weight is 456 g/mol. The van der Waals surface area contributed by atoms with E-state index in [0.717, 1.165) is 20.3 Å². The summed E-state index contributed by atoms with van der Waals surface area (Å²) in [6.45, 7) is 5.63. The molecule has 0 radical (unpaired) electrons. The number of aryl methyl sites for hydroxylation is 1. The van der Waals surface area contributed by atoms with Gasteiger partial charge < -0.3 is 0 Å². The predicted octanol–water partition coefficient (Wildman–Crippen LogP) is 4.53. The third-order valence-electron chi connectivity index (χ3n) is 4.67. The molecule has 0 aliphatic heterocycles. The highest BCUT2D eigenvalue weighted by Crippen LogP contribution is 2.26. The Kier molecular flexibility index (Phi) is 7.25. The predicted molar refractivity (Wildman–Crippen MR) is 126 cm³/mol. The average Bonchev–Trinajstić information content (AvgIpc) is 3.26. The second-order valence-corrected chi connectivity index (χ2v) is 10.2. The maximum atomic E-state index is 13.4. The Morgan fingerprint density at radius 1 is 1.10 bits per heavy atom. The number of hydrazone groups is 1. The third-order valence-corrected chi connectivity index (χ3v) is 7.26. The molecule has 0 spiro atoms. The summed E-state index contributed by atoms with van der Waals surface area (Å²) in [5.41, 5.74) is 4.87. The van der Waals surface area contributed by atoms with Crippen molar-refractivity contribution in [2.24, 2.45) is 5.10 Å². The fraction of sp³-hybridized carbons (Fsp3) is 0.217. The summed E-state index contributed by atoms with van der Waals surface area (Å²) in [6.07, 6.45) is 1.53. The molecule has 0 aliphatic carbocycles. The van der Waals surface area contributed by atoms with Crippen molar-refractivity contribution in [3.05, 3.63) is 82.0 Å². The first kappa shape index (κ1) is 22.7. The number of thiophene rings is 1. The van der Waals surface area contributed by atoms with Crippen LogP contribution in [-0.4, -0.2) is 27.1 Å². The van der Waals surface area contributed by atoms with E-state index in [0.29, 0.717) is 11.6 Å². The Labute approximate surface area is 187 Å². The molecule has 0 unspecified atom stereocenters. The maximum absolute atomic E-state index is 13.4. The van der Waals surface area contributed by atoms with Gasteiger partial charge in [-0.15, -0.1) is 11.3 Å². The van der Waals surface area contributed by atoms with Gasteiger partial charge in [-0.1, -0.05) is 49.7 Å². The molecule has 0 aliphatic rings. The molecule has 0 saturated carbocycles. The molecule has 1 aromatic heterocycles. The molecule has 6 nitrogen and oxygen atoms in total. The molecular formula is C23H25N3O3S2. The largest absolute Gasteiger partial charge is 0.271 e. The van der Waals surface area contributed by atoms with E-state index in [1.54, 1.807) is 36.4 Å². The Morgan fingerprint density at radius 3 is 2.35 bits per heavy atom. The summed E-state index contributed by atoms with van der Waals surface area (Å²) in [7, 11) is -3.94. The van der Waals surface area contributed by atoms with Gasteiger partial charge in [-0.2, -0.15) is 5.10 Å². The number of benzene rings is 2. The van der Waals surface area contributed by atoms with Gasteiger partial charge in [0.25, 0.3) is 15.9 Å². The highest BCUT2D eigenvalue weighted by molar-refractivity contribution is 7.92. The zero-order chi connectivity index (χ0) is 22.4. The lowest BCUT2D eigenvalue weighted by Gasteiger charge is -2.24. The normalized spacial score (nSPS) is 11.7. The molecule has 0 atom stereocenters. The number of nitrogens with one attached hydrogen (secondary N) is 1. The number of rotatable bonds is 8.